The highest BCUT2D eigenvalue weighted by Gasteiger charge is 2.16. The van der Waals surface area contributed by atoms with Crippen molar-refractivity contribution in [1.82, 2.24) is 15.4 Å². The monoisotopic (exact) mass is 242 g/mol. The number of nitrogens with zero attached hydrogens (tertiary/aromatic N) is 2. The SMILES string of the molecule is Nc1ccnc(-c2ccc([C@@H]3CCON3)cc2)n1. The number of nitrogen functional groups attached to an aromatic ring is 1. The summed E-state index contributed by atoms with van der Waals surface area (Å²) in [7, 11) is 0. The fourth-order valence-corrected chi connectivity index (χ4v) is 2.01. The average molecular weight is 242 g/mol. The number of hydrogen-bond acceptors (Lipinski definition) is 5. The third-order valence-corrected chi connectivity index (χ3v) is 2.98. The molecule has 0 radical (unpaired) electrons. The molecule has 1 aromatic carbocycles. The van der Waals surface area contributed by atoms with E-state index in [9.17, 15) is 0 Å². The summed E-state index contributed by atoms with van der Waals surface area (Å²) >= 11 is 0. The van der Waals surface area contributed by atoms with E-state index in [1.807, 2.05) is 12.1 Å². The molecule has 1 aliphatic heterocycles. The van der Waals surface area contributed by atoms with Crippen molar-refractivity contribution < 1.29 is 4.84 Å². The van der Waals surface area contributed by atoms with Crippen LogP contribution in [0.3, 0.4) is 0 Å². The van der Waals surface area contributed by atoms with Gasteiger partial charge in [0.2, 0.25) is 0 Å². The topological polar surface area (TPSA) is 73.1 Å². The normalized spacial score (nSPS) is 19.0. The number of nitrogens with one attached hydrogen (secondary N) is 1. The third-order valence-electron chi connectivity index (χ3n) is 2.98. The summed E-state index contributed by atoms with van der Waals surface area (Å²) < 4.78 is 0. The summed E-state index contributed by atoms with van der Waals surface area (Å²) in [5.74, 6) is 1.13. The van der Waals surface area contributed by atoms with Crippen molar-refractivity contribution in [2.24, 2.45) is 0 Å². The van der Waals surface area contributed by atoms with Gasteiger partial charge in [0, 0.05) is 11.8 Å². The van der Waals surface area contributed by atoms with Gasteiger partial charge in [-0.1, -0.05) is 24.3 Å². The van der Waals surface area contributed by atoms with Gasteiger partial charge in [0.25, 0.3) is 0 Å². The van der Waals surface area contributed by atoms with E-state index in [4.69, 9.17) is 10.6 Å². The zero-order valence-corrected chi connectivity index (χ0v) is 9.84. The van der Waals surface area contributed by atoms with Crippen molar-refractivity contribution in [3.05, 3.63) is 42.1 Å². The fraction of sp³-hybridized carbons (Fsp3) is 0.231. The molecular weight excluding hydrogens is 228 g/mol. The van der Waals surface area contributed by atoms with E-state index in [0.29, 0.717) is 11.6 Å². The van der Waals surface area contributed by atoms with E-state index in [0.717, 1.165) is 18.6 Å². The molecule has 5 nitrogen and oxygen atoms in total. The Hall–Kier alpha value is -1.98. The second kappa shape index (κ2) is 4.72. The maximum atomic E-state index is 5.65. The first-order valence-electron chi connectivity index (χ1n) is 5.89. The predicted octanol–water partition coefficient (Wildman–Crippen LogP) is 1.69. The lowest BCUT2D eigenvalue weighted by atomic mass is 10.0. The number of benzene rings is 1. The van der Waals surface area contributed by atoms with Crippen LogP contribution in [-0.4, -0.2) is 16.6 Å². The number of hydrogen-bond donors (Lipinski definition) is 2. The highest BCUT2D eigenvalue weighted by molar-refractivity contribution is 5.56. The summed E-state index contributed by atoms with van der Waals surface area (Å²) in [6.07, 6.45) is 2.66. The molecule has 5 heteroatoms. The van der Waals surface area contributed by atoms with E-state index < -0.39 is 0 Å². The Labute approximate surface area is 105 Å². The second-order valence-electron chi connectivity index (χ2n) is 4.23. The smallest absolute Gasteiger partial charge is 0.161 e. The second-order valence-corrected chi connectivity index (χ2v) is 4.23. The van der Waals surface area contributed by atoms with Gasteiger partial charge in [-0.25, -0.2) is 9.97 Å². The molecule has 1 atom stereocenters. The van der Waals surface area contributed by atoms with E-state index in [1.165, 1.54) is 5.56 Å². The Bertz CT molecular complexity index is 535. The molecule has 1 fully saturated rings. The summed E-state index contributed by atoms with van der Waals surface area (Å²) in [6, 6.07) is 10.1. The zero-order valence-electron chi connectivity index (χ0n) is 9.84. The number of rotatable bonds is 2. The molecule has 0 bridgehead atoms. The van der Waals surface area contributed by atoms with Crippen molar-refractivity contribution in [2.45, 2.75) is 12.5 Å². The molecule has 1 aliphatic rings. The Kier molecular flexibility index (Phi) is 2.92. The molecule has 3 N–H and O–H groups in total. The van der Waals surface area contributed by atoms with Crippen molar-refractivity contribution in [3.63, 3.8) is 0 Å². The largest absolute Gasteiger partial charge is 0.384 e. The highest BCUT2D eigenvalue weighted by atomic mass is 16.7. The van der Waals surface area contributed by atoms with Crippen LogP contribution >= 0.6 is 0 Å². The maximum Gasteiger partial charge on any atom is 0.161 e. The van der Waals surface area contributed by atoms with Crippen LogP contribution in [0.4, 0.5) is 5.82 Å². The van der Waals surface area contributed by atoms with Crippen molar-refractivity contribution in [1.29, 1.82) is 0 Å². The molecule has 2 heterocycles. The van der Waals surface area contributed by atoms with Gasteiger partial charge in [0.1, 0.15) is 5.82 Å². The lowest BCUT2D eigenvalue weighted by Crippen LogP contribution is -2.11. The van der Waals surface area contributed by atoms with Gasteiger partial charge < -0.3 is 10.6 Å². The summed E-state index contributed by atoms with van der Waals surface area (Å²) in [6.45, 7) is 0.755. The first-order chi connectivity index (χ1) is 8.83. The van der Waals surface area contributed by atoms with E-state index in [2.05, 4.69) is 27.6 Å². The molecule has 0 saturated carbocycles. The molecule has 0 spiro atoms. The Morgan fingerprint density at radius 3 is 2.72 bits per heavy atom. The lowest BCUT2D eigenvalue weighted by Gasteiger charge is -2.09. The molecule has 0 amide bonds. The summed E-state index contributed by atoms with van der Waals surface area (Å²) in [4.78, 5) is 13.6. The number of hydroxylamine groups is 1. The van der Waals surface area contributed by atoms with Crippen LogP contribution in [-0.2, 0) is 4.84 Å². The van der Waals surface area contributed by atoms with Crippen LogP contribution in [0.5, 0.6) is 0 Å². The standard InChI is InChI=1S/C13H14N4O/c14-12-5-7-15-13(16-12)10-3-1-9(2-4-10)11-6-8-18-17-11/h1-5,7,11,17H,6,8H2,(H2,14,15,16)/t11-/m0/s1. The maximum absolute atomic E-state index is 5.65. The first kappa shape index (κ1) is 11.1. The minimum atomic E-state index is 0.279. The fourth-order valence-electron chi connectivity index (χ4n) is 2.01. The molecule has 3 rings (SSSR count). The average Bonchev–Trinajstić information content (AvgIpc) is 2.93. The van der Waals surface area contributed by atoms with Crippen molar-refractivity contribution in [3.8, 4) is 11.4 Å². The molecule has 1 aromatic heterocycles. The number of aromatic nitrogens is 2. The zero-order chi connectivity index (χ0) is 12.4. The Morgan fingerprint density at radius 1 is 1.22 bits per heavy atom. The molecule has 18 heavy (non-hydrogen) atoms. The quantitative estimate of drug-likeness (QED) is 0.838. The molecule has 0 aliphatic carbocycles. The molecule has 1 saturated heterocycles. The minimum Gasteiger partial charge on any atom is -0.384 e. The van der Waals surface area contributed by atoms with Crippen LogP contribution < -0.4 is 11.2 Å². The van der Waals surface area contributed by atoms with Crippen LogP contribution in [0.25, 0.3) is 11.4 Å². The van der Waals surface area contributed by atoms with Crippen molar-refractivity contribution >= 4 is 5.82 Å². The highest BCUT2D eigenvalue weighted by Crippen LogP contribution is 2.23. The van der Waals surface area contributed by atoms with Gasteiger partial charge in [0.15, 0.2) is 5.82 Å². The predicted molar refractivity (Wildman–Crippen MR) is 68.3 cm³/mol. The minimum absolute atomic E-state index is 0.279. The van der Waals surface area contributed by atoms with Gasteiger partial charge in [0.05, 0.1) is 12.6 Å². The Morgan fingerprint density at radius 2 is 2.06 bits per heavy atom. The van der Waals surface area contributed by atoms with Gasteiger partial charge in [-0.15, -0.1) is 0 Å². The van der Waals surface area contributed by atoms with Gasteiger partial charge >= 0.3 is 0 Å². The molecule has 2 aromatic rings. The van der Waals surface area contributed by atoms with Crippen molar-refractivity contribution in [2.75, 3.05) is 12.3 Å². The van der Waals surface area contributed by atoms with E-state index in [1.54, 1.807) is 12.3 Å². The summed E-state index contributed by atoms with van der Waals surface area (Å²) in [5, 5.41) is 0. The van der Waals surface area contributed by atoms with Crippen LogP contribution in [0.1, 0.15) is 18.0 Å². The number of anilines is 1. The van der Waals surface area contributed by atoms with Crippen LogP contribution in [0, 0.1) is 0 Å². The molecule has 92 valence electrons. The third kappa shape index (κ3) is 2.18. The van der Waals surface area contributed by atoms with E-state index in [-0.39, 0.29) is 6.04 Å². The lowest BCUT2D eigenvalue weighted by molar-refractivity contribution is 0.0883. The van der Waals surface area contributed by atoms with Gasteiger partial charge in [-0.3, -0.25) is 0 Å². The van der Waals surface area contributed by atoms with Crippen LogP contribution in [0.2, 0.25) is 0 Å². The Balaban J connectivity index is 1.86. The molecular formula is C13H14N4O. The first-order valence-corrected chi connectivity index (χ1v) is 5.89. The van der Waals surface area contributed by atoms with Crippen LogP contribution in [0.15, 0.2) is 36.5 Å². The number of nitrogens with two attached hydrogens (primary N) is 1. The van der Waals surface area contributed by atoms with E-state index >= 15 is 0 Å². The van der Waals surface area contributed by atoms with Gasteiger partial charge in [-0.05, 0) is 18.1 Å². The summed E-state index contributed by atoms with van der Waals surface area (Å²) in [5.41, 5.74) is 10.8. The molecule has 0 unspecified atom stereocenters. The van der Waals surface area contributed by atoms with Gasteiger partial charge in [-0.2, -0.15) is 5.48 Å².